The summed E-state index contributed by atoms with van der Waals surface area (Å²) in [6, 6.07) is -0.00870. The van der Waals surface area contributed by atoms with Gasteiger partial charge in [-0.2, -0.15) is 0 Å². The largest absolute Gasteiger partial charge is 0.481 e. The maximum Gasteiger partial charge on any atom is 0.303 e. The average Bonchev–Trinajstić information content (AvgIpc) is 2.03. The Morgan fingerprint density at radius 1 is 1.54 bits per heavy atom. The molecular weight excluding hydrogens is 194 g/mol. The van der Waals surface area contributed by atoms with E-state index in [9.17, 15) is 9.59 Å². The van der Waals surface area contributed by atoms with E-state index in [1.807, 2.05) is 6.92 Å². The summed E-state index contributed by atoms with van der Waals surface area (Å²) in [5, 5.41) is 11.0. The van der Waals surface area contributed by atoms with Crippen molar-refractivity contribution < 1.29 is 14.7 Å². The second-order valence-electron chi connectivity index (χ2n) is 2.89. The van der Waals surface area contributed by atoms with E-state index in [4.69, 9.17) is 16.7 Å². The minimum atomic E-state index is -0.809. The molecule has 0 heterocycles. The normalized spacial score (nSPS) is 12.2. The van der Waals surface area contributed by atoms with Crippen molar-refractivity contribution in [1.82, 2.24) is 5.32 Å². The monoisotopic (exact) mass is 207 g/mol. The van der Waals surface area contributed by atoms with Crippen molar-refractivity contribution >= 4 is 23.5 Å². The van der Waals surface area contributed by atoms with E-state index in [-0.39, 0.29) is 24.2 Å². The summed E-state index contributed by atoms with van der Waals surface area (Å²) < 4.78 is 0. The highest BCUT2D eigenvalue weighted by molar-refractivity contribution is 6.27. The number of alkyl halides is 1. The van der Waals surface area contributed by atoms with E-state index in [0.717, 1.165) is 0 Å². The number of carbonyl (C=O) groups excluding carboxylic acids is 1. The Bertz CT molecular complexity index is 184. The van der Waals surface area contributed by atoms with Crippen LogP contribution in [0.5, 0.6) is 0 Å². The van der Waals surface area contributed by atoms with Gasteiger partial charge in [0.05, 0.1) is 0 Å². The summed E-state index contributed by atoms with van der Waals surface area (Å²) in [5.74, 6) is -1.08. The topological polar surface area (TPSA) is 66.4 Å². The van der Waals surface area contributed by atoms with Gasteiger partial charge in [-0.1, -0.05) is 0 Å². The van der Waals surface area contributed by atoms with Crippen molar-refractivity contribution in [2.45, 2.75) is 32.2 Å². The number of amides is 1. The molecular formula is C8H14ClNO3. The fourth-order valence-electron chi connectivity index (χ4n) is 0.945. The number of carboxylic acid groups (broad SMARTS) is 1. The zero-order chi connectivity index (χ0) is 10.3. The Kier molecular flexibility index (Phi) is 6.32. The first-order chi connectivity index (χ1) is 6.06. The van der Waals surface area contributed by atoms with Crippen molar-refractivity contribution in [3.8, 4) is 0 Å². The molecule has 0 aromatic heterocycles. The van der Waals surface area contributed by atoms with E-state index in [0.29, 0.717) is 12.8 Å². The maximum absolute atomic E-state index is 10.8. The third kappa shape index (κ3) is 7.59. The highest BCUT2D eigenvalue weighted by Gasteiger charge is 2.06. The van der Waals surface area contributed by atoms with Crippen LogP contribution in [0.2, 0.25) is 0 Å². The molecule has 2 N–H and O–H groups in total. The van der Waals surface area contributed by atoms with E-state index >= 15 is 0 Å². The Balaban J connectivity index is 3.45. The molecule has 0 radical (unpaired) electrons. The predicted molar refractivity (Wildman–Crippen MR) is 49.8 cm³/mol. The van der Waals surface area contributed by atoms with Crippen LogP contribution in [0.1, 0.15) is 26.2 Å². The van der Waals surface area contributed by atoms with Crippen molar-refractivity contribution in [3.63, 3.8) is 0 Å². The standard InChI is InChI=1S/C8H14ClNO3/c1-6(10-7(11)5-9)3-2-4-8(12)13/h6H,2-5H2,1H3,(H,10,11)(H,12,13). The lowest BCUT2D eigenvalue weighted by atomic mass is 10.1. The minimum absolute atomic E-state index is 0.00870. The summed E-state index contributed by atoms with van der Waals surface area (Å²) in [6.45, 7) is 1.83. The Labute approximate surface area is 82.3 Å². The van der Waals surface area contributed by atoms with Gasteiger partial charge in [0.2, 0.25) is 5.91 Å². The van der Waals surface area contributed by atoms with Gasteiger partial charge < -0.3 is 10.4 Å². The van der Waals surface area contributed by atoms with Gasteiger partial charge in [-0.25, -0.2) is 0 Å². The van der Waals surface area contributed by atoms with Gasteiger partial charge in [0, 0.05) is 12.5 Å². The van der Waals surface area contributed by atoms with Crippen LogP contribution >= 0.6 is 11.6 Å². The van der Waals surface area contributed by atoms with Crippen molar-refractivity contribution in [1.29, 1.82) is 0 Å². The smallest absolute Gasteiger partial charge is 0.303 e. The summed E-state index contributed by atoms with van der Waals surface area (Å²) in [5.41, 5.74) is 0. The van der Waals surface area contributed by atoms with Crippen LogP contribution < -0.4 is 5.32 Å². The van der Waals surface area contributed by atoms with E-state index in [1.54, 1.807) is 0 Å². The molecule has 4 nitrogen and oxygen atoms in total. The van der Waals surface area contributed by atoms with Crippen molar-refractivity contribution in [2.75, 3.05) is 5.88 Å². The lowest BCUT2D eigenvalue weighted by Crippen LogP contribution is -2.33. The molecule has 0 fully saturated rings. The molecule has 0 aliphatic rings. The molecule has 0 aliphatic heterocycles. The Morgan fingerprint density at radius 2 is 2.15 bits per heavy atom. The predicted octanol–water partition coefficient (Wildman–Crippen LogP) is 0.985. The van der Waals surface area contributed by atoms with E-state index < -0.39 is 5.97 Å². The minimum Gasteiger partial charge on any atom is -0.481 e. The summed E-state index contributed by atoms with van der Waals surface area (Å²) in [6.07, 6.45) is 1.37. The molecule has 13 heavy (non-hydrogen) atoms. The number of aliphatic carboxylic acids is 1. The lowest BCUT2D eigenvalue weighted by molar-refractivity contribution is -0.137. The van der Waals surface area contributed by atoms with Crippen LogP contribution in [0.25, 0.3) is 0 Å². The molecule has 0 aliphatic carbocycles. The quantitative estimate of drug-likeness (QED) is 0.639. The third-order valence-electron chi connectivity index (χ3n) is 1.56. The first kappa shape index (κ1) is 12.2. The first-order valence-corrected chi connectivity index (χ1v) is 4.67. The van der Waals surface area contributed by atoms with Gasteiger partial charge in [0.15, 0.2) is 0 Å². The number of hydrogen-bond donors (Lipinski definition) is 2. The molecule has 0 spiro atoms. The van der Waals surface area contributed by atoms with Crippen LogP contribution in [-0.4, -0.2) is 28.9 Å². The number of rotatable bonds is 6. The highest BCUT2D eigenvalue weighted by Crippen LogP contribution is 2.00. The van der Waals surface area contributed by atoms with E-state index in [2.05, 4.69) is 5.32 Å². The molecule has 1 atom stereocenters. The molecule has 5 heteroatoms. The van der Waals surface area contributed by atoms with Gasteiger partial charge in [-0.15, -0.1) is 11.6 Å². The number of carboxylic acids is 1. The number of halogens is 1. The SMILES string of the molecule is CC(CCCC(=O)O)NC(=O)CCl. The molecule has 0 saturated heterocycles. The highest BCUT2D eigenvalue weighted by atomic mass is 35.5. The number of nitrogens with one attached hydrogen (secondary N) is 1. The van der Waals surface area contributed by atoms with Crippen LogP contribution in [-0.2, 0) is 9.59 Å². The second kappa shape index (κ2) is 6.71. The molecule has 1 amide bonds. The fourth-order valence-corrected chi connectivity index (χ4v) is 1.02. The average molecular weight is 208 g/mol. The second-order valence-corrected chi connectivity index (χ2v) is 3.16. The molecule has 0 saturated carbocycles. The van der Waals surface area contributed by atoms with Crippen molar-refractivity contribution in [2.24, 2.45) is 0 Å². The molecule has 0 bridgehead atoms. The Morgan fingerprint density at radius 3 is 2.62 bits per heavy atom. The Hall–Kier alpha value is -0.770. The van der Waals surface area contributed by atoms with Gasteiger partial charge in [0.25, 0.3) is 0 Å². The zero-order valence-electron chi connectivity index (χ0n) is 7.55. The van der Waals surface area contributed by atoms with Crippen LogP contribution in [0.4, 0.5) is 0 Å². The van der Waals surface area contributed by atoms with Gasteiger partial charge in [0.1, 0.15) is 5.88 Å². The first-order valence-electron chi connectivity index (χ1n) is 4.13. The zero-order valence-corrected chi connectivity index (χ0v) is 8.30. The van der Waals surface area contributed by atoms with Gasteiger partial charge >= 0.3 is 5.97 Å². The van der Waals surface area contributed by atoms with Gasteiger partial charge in [-0.3, -0.25) is 9.59 Å². The third-order valence-corrected chi connectivity index (χ3v) is 1.80. The molecule has 0 aromatic rings. The molecule has 0 aromatic carbocycles. The van der Waals surface area contributed by atoms with Crippen molar-refractivity contribution in [3.05, 3.63) is 0 Å². The lowest BCUT2D eigenvalue weighted by Gasteiger charge is -2.11. The molecule has 76 valence electrons. The van der Waals surface area contributed by atoms with Gasteiger partial charge in [-0.05, 0) is 19.8 Å². The summed E-state index contributed by atoms with van der Waals surface area (Å²) in [4.78, 5) is 20.9. The van der Waals surface area contributed by atoms with Crippen LogP contribution in [0.15, 0.2) is 0 Å². The molecule has 1 unspecified atom stereocenters. The summed E-state index contributed by atoms with van der Waals surface area (Å²) >= 11 is 5.27. The van der Waals surface area contributed by atoms with Crippen LogP contribution in [0.3, 0.4) is 0 Å². The van der Waals surface area contributed by atoms with Crippen LogP contribution in [0, 0.1) is 0 Å². The summed E-state index contributed by atoms with van der Waals surface area (Å²) in [7, 11) is 0. The van der Waals surface area contributed by atoms with E-state index in [1.165, 1.54) is 0 Å². The number of hydrogen-bond acceptors (Lipinski definition) is 2. The maximum atomic E-state index is 10.8. The molecule has 0 rings (SSSR count). The number of carbonyl (C=O) groups is 2. The fraction of sp³-hybridized carbons (Fsp3) is 0.750.